The zero-order valence-corrected chi connectivity index (χ0v) is 7.10. The summed E-state index contributed by atoms with van der Waals surface area (Å²) in [7, 11) is 0. The standard InChI is InChI=1S/C9H11NS/c1-3-5-7-8(6-4-2)9(10)11/h3-7H,1-2H2,(H2,10,11)/b7-5-,8-6+. The van der Waals surface area contributed by atoms with Crippen LogP contribution < -0.4 is 5.73 Å². The number of allylic oxidation sites excluding steroid dienone is 4. The molecule has 0 aromatic carbocycles. The second-order valence-corrected chi connectivity index (χ2v) is 2.26. The minimum Gasteiger partial charge on any atom is -0.389 e. The van der Waals surface area contributed by atoms with Crippen molar-refractivity contribution in [3.8, 4) is 0 Å². The van der Waals surface area contributed by atoms with Crippen molar-refractivity contribution in [1.29, 1.82) is 0 Å². The van der Waals surface area contributed by atoms with Crippen molar-refractivity contribution in [2.75, 3.05) is 0 Å². The van der Waals surface area contributed by atoms with Gasteiger partial charge in [0.25, 0.3) is 0 Å². The molecule has 0 radical (unpaired) electrons. The monoisotopic (exact) mass is 165 g/mol. The molecule has 0 spiro atoms. The van der Waals surface area contributed by atoms with E-state index in [-0.39, 0.29) is 0 Å². The highest BCUT2D eigenvalue weighted by molar-refractivity contribution is 7.80. The Morgan fingerprint density at radius 1 is 1.27 bits per heavy atom. The summed E-state index contributed by atoms with van der Waals surface area (Å²) in [5, 5.41) is 0. The maximum Gasteiger partial charge on any atom is 0.103 e. The van der Waals surface area contributed by atoms with E-state index in [2.05, 4.69) is 13.2 Å². The van der Waals surface area contributed by atoms with Crippen molar-refractivity contribution >= 4 is 17.2 Å². The minimum atomic E-state index is 0.364. The third-order valence-corrected chi connectivity index (χ3v) is 1.23. The zero-order chi connectivity index (χ0) is 8.69. The fourth-order valence-electron chi connectivity index (χ4n) is 0.518. The highest BCUT2D eigenvalue weighted by Crippen LogP contribution is 1.97. The summed E-state index contributed by atoms with van der Waals surface area (Å²) in [4.78, 5) is 0.364. The molecule has 58 valence electrons. The van der Waals surface area contributed by atoms with E-state index in [1.165, 1.54) is 0 Å². The van der Waals surface area contributed by atoms with Gasteiger partial charge in [-0.05, 0) is 0 Å². The predicted molar refractivity (Wildman–Crippen MR) is 54.4 cm³/mol. The Labute approximate surface area is 72.6 Å². The van der Waals surface area contributed by atoms with Crippen LogP contribution in [0.5, 0.6) is 0 Å². The number of hydrogen-bond donors (Lipinski definition) is 1. The van der Waals surface area contributed by atoms with E-state index in [1.807, 2.05) is 0 Å². The molecule has 0 aromatic rings. The van der Waals surface area contributed by atoms with Gasteiger partial charge in [-0.25, -0.2) is 0 Å². The van der Waals surface area contributed by atoms with Gasteiger partial charge in [0.15, 0.2) is 0 Å². The van der Waals surface area contributed by atoms with Gasteiger partial charge in [0, 0.05) is 5.57 Å². The summed E-state index contributed by atoms with van der Waals surface area (Å²) in [5.41, 5.74) is 6.18. The summed E-state index contributed by atoms with van der Waals surface area (Å²) >= 11 is 4.77. The maximum atomic E-state index is 5.39. The molecule has 11 heavy (non-hydrogen) atoms. The van der Waals surface area contributed by atoms with Crippen LogP contribution in [0.1, 0.15) is 0 Å². The van der Waals surface area contributed by atoms with Gasteiger partial charge in [-0.3, -0.25) is 0 Å². The van der Waals surface area contributed by atoms with Crippen LogP contribution >= 0.6 is 12.2 Å². The van der Waals surface area contributed by atoms with E-state index >= 15 is 0 Å². The lowest BCUT2D eigenvalue weighted by Crippen LogP contribution is -2.09. The van der Waals surface area contributed by atoms with Crippen molar-refractivity contribution in [3.63, 3.8) is 0 Å². The SMILES string of the molecule is C=C/C=C\C(=C/C=C)C(N)=S. The molecule has 0 heterocycles. The molecule has 0 aliphatic heterocycles. The third kappa shape index (κ3) is 4.28. The molecule has 2 heteroatoms. The van der Waals surface area contributed by atoms with Gasteiger partial charge in [-0.1, -0.05) is 55.8 Å². The van der Waals surface area contributed by atoms with E-state index in [4.69, 9.17) is 18.0 Å². The van der Waals surface area contributed by atoms with Crippen molar-refractivity contribution in [3.05, 3.63) is 49.1 Å². The van der Waals surface area contributed by atoms with Gasteiger partial charge in [-0.2, -0.15) is 0 Å². The quantitative estimate of drug-likeness (QED) is 0.392. The highest BCUT2D eigenvalue weighted by Gasteiger charge is 1.91. The lowest BCUT2D eigenvalue weighted by atomic mass is 10.2. The Balaban J connectivity index is 4.47. The second kappa shape index (κ2) is 5.62. The molecule has 0 bridgehead atoms. The van der Waals surface area contributed by atoms with Crippen LogP contribution in [0.25, 0.3) is 0 Å². The highest BCUT2D eigenvalue weighted by atomic mass is 32.1. The normalized spacial score (nSPS) is 11.5. The first-order valence-electron chi connectivity index (χ1n) is 3.14. The molecule has 0 aromatic heterocycles. The van der Waals surface area contributed by atoms with Gasteiger partial charge >= 0.3 is 0 Å². The van der Waals surface area contributed by atoms with Crippen LogP contribution in [-0.2, 0) is 0 Å². The Morgan fingerprint density at radius 2 is 1.91 bits per heavy atom. The predicted octanol–water partition coefficient (Wildman–Crippen LogP) is 2.13. The van der Waals surface area contributed by atoms with Gasteiger partial charge in [0.2, 0.25) is 0 Å². The van der Waals surface area contributed by atoms with Crippen LogP contribution in [0, 0.1) is 0 Å². The Bertz CT molecular complexity index is 224. The average Bonchev–Trinajstić information content (AvgIpc) is 1.97. The molecular weight excluding hydrogens is 154 g/mol. The van der Waals surface area contributed by atoms with Crippen molar-refractivity contribution in [2.24, 2.45) is 5.73 Å². The average molecular weight is 165 g/mol. The first kappa shape index (κ1) is 9.85. The smallest absolute Gasteiger partial charge is 0.103 e. The fourth-order valence-corrected chi connectivity index (χ4v) is 0.655. The topological polar surface area (TPSA) is 26.0 Å². The molecule has 0 unspecified atom stereocenters. The third-order valence-electron chi connectivity index (χ3n) is 0.994. The first-order chi connectivity index (χ1) is 5.22. The molecule has 1 nitrogen and oxygen atoms in total. The number of nitrogens with two attached hydrogens (primary N) is 1. The Morgan fingerprint density at radius 3 is 2.27 bits per heavy atom. The van der Waals surface area contributed by atoms with E-state index < -0.39 is 0 Å². The van der Waals surface area contributed by atoms with Gasteiger partial charge in [0.1, 0.15) is 4.99 Å². The Hall–Kier alpha value is -1.15. The van der Waals surface area contributed by atoms with Crippen LogP contribution in [0.15, 0.2) is 49.1 Å². The molecule has 0 rings (SSSR count). The largest absolute Gasteiger partial charge is 0.389 e. The van der Waals surface area contributed by atoms with Crippen molar-refractivity contribution in [1.82, 2.24) is 0 Å². The van der Waals surface area contributed by atoms with Crippen LogP contribution in [0.3, 0.4) is 0 Å². The Kier molecular flexibility index (Phi) is 5.03. The minimum absolute atomic E-state index is 0.364. The van der Waals surface area contributed by atoms with E-state index in [0.29, 0.717) is 4.99 Å². The summed E-state index contributed by atoms with van der Waals surface area (Å²) < 4.78 is 0. The van der Waals surface area contributed by atoms with Gasteiger partial charge in [0.05, 0.1) is 0 Å². The summed E-state index contributed by atoms with van der Waals surface area (Å²) in [6.07, 6.45) is 8.62. The molecule has 0 saturated carbocycles. The van der Waals surface area contributed by atoms with E-state index in [0.717, 1.165) is 5.57 Å². The van der Waals surface area contributed by atoms with Gasteiger partial charge < -0.3 is 5.73 Å². The molecule has 0 amide bonds. The van der Waals surface area contributed by atoms with Crippen LogP contribution in [0.4, 0.5) is 0 Å². The number of hydrogen-bond acceptors (Lipinski definition) is 1. The molecular formula is C9H11NS. The molecule has 0 aliphatic rings. The molecule has 0 aliphatic carbocycles. The summed E-state index contributed by atoms with van der Waals surface area (Å²) in [5.74, 6) is 0. The summed E-state index contributed by atoms with van der Waals surface area (Å²) in [6, 6.07) is 0. The molecule has 2 N–H and O–H groups in total. The van der Waals surface area contributed by atoms with E-state index in [1.54, 1.807) is 30.4 Å². The second-order valence-electron chi connectivity index (χ2n) is 1.82. The molecule has 0 atom stereocenters. The first-order valence-corrected chi connectivity index (χ1v) is 3.54. The van der Waals surface area contributed by atoms with Crippen LogP contribution in [0.2, 0.25) is 0 Å². The number of thiocarbonyl (C=S) groups is 1. The van der Waals surface area contributed by atoms with Crippen molar-refractivity contribution in [2.45, 2.75) is 0 Å². The van der Waals surface area contributed by atoms with E-state index in [9.17, 15) is 0 Å². The lowest BCUT2D eigenvalue weighted by Gasteiger charge is -1.94. The van der Waals surface area contributed by atoms with Crippen LogP contribution in [-0.4, -0.2) is 4.99 Å². The van der Waals surface area contributed by atoms with Gasteiger partial charge in [-0.15, -0.1) is 0 Å². The van der Waals surface area contributed by atoms with Crippen molar-refractivity contribution < 1.29 is 0 Å². The number of rotatable bonds is 4. The fraction of sp³-hybridized carbons (Fsp3) is 0. The zero-order valence-electron chi connectivity index (χ0n) is 6.29. The lowest BCUT2D eigenvalue weighted by molar-refractivity contribution is 1.69. The molecule has 0 fully saturated rings. The summed E-state index contributed by atoms with van der Waals surface area (Å²) in [6.45, 7) is 7.07. The maximum absolute atomic E-state index is 5.39. The molecule has 0 saturated heterocycles.